The van der Waals surface area contributed by atoms with Crippen LogP contribution in [0.4, 0.5) is 0 Å². The normalized spacial score (nSPS) is 44.1. The molecule has 0 aromatic carbocycles. The molecular weight excluding hydrogens is 300 g/mol. The molecule has 0 amide bonds. The van der Waals surface area contributed by atoms with E-state index in [0.29, 0.717) is 48.9 Å². The predicted octanol–water partition coefficient (Wildman–Crippen LogP) is 3.59. The highest BCUT2D eigenvalue weighted by molar-refractivity contribution is 6.06. The second kappa shape index (κ2) is 5.13. The van der Waals surface area contributed by atoms with Gasteiger partial charge in [-0.3, -0.25) is 14.4 Å². The molecule has 4 aliphatic carbocycles. The SMILES string of the molecule is C=C=CC12CCC(=O)C=C1C(=O)C[C@@H]1[C@@H]2CC[C@]2(C)C(=O)CC[C@@H]12. The monoisotopic (exact) mass is 324 g/mol. The highest BCUT2D eigenvalue weighted by Gasteiger charge is 2.61. The van der Waals surface area contributed by atoms with Gasteiger partial charge in [0.05, 0.1) is 0 Å². The number of carbonyl (C=O) groups excluding carboxylic acids is 3. The van der Waals surface area contributed by atoms with Gasteiger partial charge in [-0.2, -0.15) is 0 Å². The van der Waals surface area contributed by atoms with Gasteiger partial charge in [0.25, 0.3) is 0 Å². The molecule has 5 atom stereocenters. The first kappa shape index (κ1) is 15.8. The molecule has 0 aromatic rings. The number of hydrogen-bond donors (Lipinski definition) is 0. The average Bonchev–Trinajstić information content (AvgIpc) is 2.85. The third-order valence-electron chi connectivity index (χ3n) is 7.48. The first-order chi connectivity index (χ1) is 11.4. The Kier molecular flexibility index (Phi) is 3.37. The lowest BCUT2D eigenvalue weighted by Gasteiger charge is -2.56. The second-order valence-corrected chi connectivity index (χ2v) is 8.34. The summed E-state index contributed by atoms with van der Waals surface area (Å²) >= 11 is 0. The highest BCUT2D eigenvalue weighted by atomic mass is 16.1. The largest absolute Gasteiger partial charge is 0.299 e. The summed E-state index contributed by atoms with van der Waals surface area (Å²) in [7, 11) is 0. The highest BCUT2D eigenvalue weighted by Crippen LogP contribution is 2.64. The van der Waals surface area contributed by atoms with E-state index in [-0.39, 0.29) is 28.3 Å². The van der Waals surface area contributed by atoms with Gasteiger partial charge in [0.1, 0.15) is 5.78 Å². The quantitative estimate of drug-likeness (QED) is 0.693. The number of rotatable bonds is 1. The molecule has 3 nitrogen and oxygen atoms in total. The van der Waals surface area contributed by atoms with E-state index in [1.54, 1.807) is 6.08 Å². The van der Waals surface area contributed by atoms with Crippen LogP contribution >= 0.6 is 0 Å². The molecule has 0 aliphatic heterocycles. The average molecular weight is 324 g/mol. The second-order valence-electron chi connectivity index (χ2n) is 8.34. The molecule has 3 saturated carbocycles. The maximum atomic E-state index is 12.9. The molecule has 0 spiro atoms. The van der Waals surface area contributed by atoms with Gasteiger partial charge in [0.2, 0.25) is 0 Å². The number of Topliss-reactive ketones (excluding diaryl/α,β-unsaturated/α-hetero) is 2. The van der Waals surface area contributed by atoms with E-state index in [9.17, 15) is 14.4 Å². The number of allylic oxidation sites excluding steroid dienone is 2. The zero-order valence-electron chi connectivity index (χ0n) is 14.3. The Morgan fingerprint density at radius 2 is 1.96 bits per heavy atom. The van der Waals surface area contributed by atoms with Gasteiger partial charge in [-0.25, -0.2) is 0 Å². The molecule has 24 heavy (non-hydrogen) atoms. The summed E-state index contributed by atoms with van der Waals surface area (Å²) in [4.78, 5) is 37.3. The Morgan fingerprint density at radius 1 is 1.17 bits per heavy atom. The molecule has 0 saturated heterocycles. The Balaban J connectivity index is 1.83. The summed E-state index contributed by atoms with van der Waals surface area (Å²) < 4.78 is 0. The van der Waals surface area contributed by atoms with Gasteiger partial charge < -0.3 is 0 Å². The van der Waals surface area contributed by atoms with Crippen LogP contribution in [0.15, 0.2) is 30.0 Å². The lowest BCUT2D eigenvalue weighted by molar-refractivity contribution is -0.137. The summed E-state index contributed by atoms with van der Waals surface area (Å²) in [5, 5.41) is 0. The fraction of sp³-hybridized carbons (Fsp3) is 0.619. The molecule has 0 aromatic heterocycles. The van der Waals surface area contributed by atoms with Gasteiger partial charge in [-0.1, -0.05) is 13.5 Å². The molecule has 3 fully saturated rings. The van der Waals surface area contributed by atoms with Crippen LogP contribution in [0.2, 0.25) is 0 Å². The molecule has 126 valence electrons. The summed E-state index contributed by atoms with van der Waals surface area (Å²) in [6.45, 7) is 5.87. The van der Waals surface area contributed by atoms with Crippen LogP contribution in [0.1, 0.15) is 51.9 Å². The van der Waals surface area contributed by atoms with E-state index in [2.05, 4.69) is 19.2 Å². The minimum absolute atomic E-state index is 0.0570. The van der Waals surface area contributed by atoms with Crippen LogP contribution in [0.3, 0.4) is 0 Å². The molecule has 0 bridgehead atoms. The third-order valence-corrected chi connectivity index (χ3v) is 7.48. The van der Waals surface area contributed by atoms with Crippen molar-refractivity contribution in [3.05, 3.63) is 30.0 Å². The van der Waals surface area contributed by atoms with E-state index in [1.165, 1.54) is 0 Å². The van der Waals surface area contributed by atoms with Crippen molar-refractivity contribution in [1.29, 1.82) is 0 Å². The van der Waals surface area contributed by atoms with E-state index in [1.807, 2.05) is 6.08 Å². The summed E-state index contributed by atoms with van der Waals surface area (Å²) in [6, 6.07) is 0. The van der Waals surface area contributed by atoms with E-state index < -0.39 is 0 Å². The van der Waals surface area contributed by atoms with Crippen molar-refractivity contribution in [3.63, 3.8) is 0 Å². The molecule has 0 N–H and O–H groups in total. The minimum atomic E-state index is -0.386. The maximum Gasteiger partial charge on any atom is 0.160 e. The van der Waals surface area contributed by atoms with Crippen LogP contribution in [-0.4, -0.2) is 17.3 Å². The maximum absolute atomic E-state index is 12.9. The van der Waals surface area contributed by atoms with Crippen LogP contribution in [0.5, 0.6) is 0 Å². The van der Waals surface area contributed by atoms with Crippen LogP contribution < -0.4 is 0 Å². The summed E-state index contributed by atoms with van der Waals surface area (Å²) in [6.07, 6.45) is 8.62. The number of fused-ring (bicyclic) bond motifs is 5. The fourth-order valence-electron chi connectivity index (χ4n) is 6.30. The van der Waals surface area contributed by atoms with Crippen molar-refractivity contribution in [2.75, 3.05) is 0 Å². The minimum Gasteiger partial charge on any atom is -0.299 e. The zero-order chi connectivity index (χ0) is 17.1. The van der Waals surface area contributed by atoms with Crippen molar-refractivity contribution >= 4 is 17.3 Å². The number of hydrogen-bond acceptors (Lipinski definition) is 3. The van der Waals surface area contributed by atoms with E-state index >= 15 is 0 Å². The molecule has 4 aliphatic rings. The molecule has 0 heterocycles. The van der Waals surface area contributed by atoms with Crippen molar-refractivity contribution in [3.8, 4) is 0 Å². The van der Waals surface area contributed by atoms with Crippen molar-refractivity contribution in [2.45, 2.75) is 51.9 Å². The standard InChI is InChI=1S/C21H24O3/c1-3-8-21-10-6-13(22)11-17(21)18(23)12-14-15-4-5-19(24)20(15,2)9-7-16(14)21/h8,11,14-16H,1,4-7,9-10,12H2,2H3/t14-,15-,16-,20-,21?/m0/s1. The van der Waals surface area contributed by atoms with Crippen molar-refractivity contribution in [2.24, 2.45) is 28.6 Å². The third kappa shape index (κ3) is 1.88. The van der Waals surface area contributed by atoms with Gasteiger partial charge in [0, 0.05) is 35.7 Å². The number of carbonyl (C=O) groups is 3. The molecule has 3 heteroatoms. The van der Waals surface area contributed by atoms with E-state index in [4.69, 9.17) is 0 Å². The predicted molar refractivity (Wildman–Crippen MR) is 90.1 cm³/mol. The number of ketones is 3. The van der Waals surface area contributed by atoms with Gasteiger partial charge >= 0.3 is 0 Å². The Bertz CT molecular complexity index is 723. The summed E-state index contributed by atoms with van der Waals surface area (Å²) in [5.41, 5.74) is 2.98. The Morgan fingerprint density at radius 3 is 2.71 bits per heavy atom. The Hall–Kier alpha value is -1.73. The van der Waals surface area contributed by atoms with Crippen molar-refractivity contribution in [1.82, 2.24) is 0 Å². The molecule has 0 radical (unpaired) electrons. The van der Waals surface area contributed by atoms with Gasteiger partial charge in [-0.05, 0) is 55.6 Å². The molecule has 1 unspecified atom stereocenters. The first-order valence-electron chi connectivity index (χ1n) is 9.11. The first-order valence-corrected chi connectivity index (χ1v) is 9.11. The molecule has 4 rings (SSSR count). The van der Waals surface area contributed by atoms with Crippen LogP contribution in [0, 0.1) is 28.6 Å². The van der Waals surface area contributed by atoms with Crippen molar-refractivity contribution < 1.29 is 14.4 Å². The van der Waals surface area contributed by atoms with Gasteiger partial charge in [0.15, 0.2) is 11.6 Å². The molecular formula is C21H24O3. The van der Waals surface area contributed by atoms with Crippen LogP contribution in [-0.2, 0) is 14.4 Å². The summed E-state index contributed by atoms with van der Waals surface area (Å²) in [5.74, 6) is 1.42. The topological polar surface area (TPSA) is 51.2 Å². The smallest absolute Gasteiger partial charge is 0.160 e. The van der Waals surface area contributed by atoms with Gasteiger partial charge in [-0.15, -0.1) is 5.73 Å². The lowest BCUT2D eigenvalue weighted by Crippen LogP contribution is -2.53. The fourth-order valence-corrected chi connectivity index (χ4v) is 6.30. The zero-order valence-corrected chi connectivity index (χ0v) is 14.3. The lowest BCUT2D eigenvalue weighted by atomic mass is 9.46. The van der Waals surface area contributed by atoms with E-state index in [0.717, 1.165) is 19.3 Å². The van der Waals surface area contributed by atoms with Crippen LogP contribution in [0.25, 0.3) is 0 Å². The Labute approximate surface area is 142 Å².